The summed E-state index contributed by atoms with van der Waals surface area (Å²) in [7, 11) is 0. The standard InChI is InChI=1S/C16H21F3O/c1-15(20,8-3-9-16(17,18)19)11-12-6-7-13-4-2-5-14(13)10-12/h6-7,10,20H,2-5,8-9,11H2,1H3. The van der Waals surface area contributed by atoms with Crippen LogP contribution in [0.3, 0.4) is 0 Å². The van der Waals surface area contributed by atoms with Gasteiger partial charge in [-0.15, -0.1) is 0 Å². The van der Waals surface area contributed by atoms with Gasteiger partial charge >= 0.3 is 6.18 Å². The summed E-state index contributed by atoms with van der Waals surface area (Å²) in [4.78, 5) is 0. The maximum absolute atomic E-state index is 12.1. The summed E-state index contributed by atoms with van der Waals surface area (Å²) in [5.74, 6) is 0. The molecule has 1 nitrogen and oxygen atoms in total. The lowest BCUT2D eigenvalue weighted by molar-refractivity contribution is -0.137. The third-order valence-corrected chi connectivity index (χ3v) is 3.92. The molecule has 0 aromatic heterocycles. The van der Waals surface area contributed by atoms with Crippen LogP contribution in [-0.2, 0) is 19.3 Å². The molecule has 0 aliphatic heterocycles. The maximum Gasteiger partial charge on any atom is 0.389 e. The third-order valence-electron chi connectivity index (χ3n) is 3.92. The van der Waals surface area contributed by atoms with E-state index < -0.39 is 18.2 Å². The van der Waals surface area contributed by atoms with E-state index in [2.05, 4.69) is 12.1 Å². The van der Waals surface area contributed by atoms with Gasteiger partial charge in [-0.2, -0.15) is 13.2 Å². The van der Waals surface area contributed by atoms with Crippen molar-refractivity contribution >= 4 is 0 Å². The van der Waals surface area contributed by atoms with Crippen LogP contribution in [0, 0.1) is 0 Å². The summed E-state index contributed by atoms with van der Waals surface area (Å²) in [5.41, 5.74) is 2.64. The lowest BCUT2D eigenvalue weighted by Gasteiger charge is -2.24. The zero-order chi connectivity index (χ0) is 14.8. The van der Waals surface area contributed by atoms with E-state index >= 15 is 0 Å². The van der Waals surface area contributed by atoms with Crippen molar-refractivity contribution in [1.29, 1.82) is 0 Å². The van der Waals surface area contributed by atoms with E-state index in [0.29, 0.717) is 6.42 Å². The minimum atomic E-state index is -4.14. The van der Waals surface area contributed by atoms with Gasteiger partial charge in [-0.05, 0) is 55.7 Å². The lowest BCUT2D eigenvalue weighted by atomic mass is 9.90. The SMILES string of the molecule is CC(O)(CCCC(F)(F)F)Cc1ccc2c(c1)CCC2. The number of aryl methyl sites for hydroxylation is 2. The van der Waals surface area contributed by atoms with E-state index in [0.717, 1.165) is 18.4 Å². The topological polar surface area (TPSA) is 20.2 Å². The number of fused-ring (bicyclic) bond motifs is 1. The molecular formula is C16H21F3O. The van der Waals surface area contributed by atoms with Crippen molar-refractivity contribution < 1.29 is 18.3 Å². The van der Waals surface area contributed by atoms with Gasteiger partial charge in [0, 0.05) is 12.8 Å². The van der Waals surface area contributed by atoms with Crippen LogP contribution in [0.4, 0.5) is 13.2 Å². The van der Waals surface area contributed by atoms with Gasteiger partial charge < -0.3 is 5.11 Å². The molecule has 0 saturated heterocycles. The quantitative estimate of drug-likeness (QED) is 0.860. The fraction of sp³-hybridized carbons (Fsp3) is 0.625. The number of rotatable bonds is 5. The fourth-order valence-corrected chi connectivity index (χ4v) is 2.93. The number of aliphatic hydroxyl groups is 1. The van der Waals surface area contributed by atoms with E-state index in [4.69, 9.17) is 0 Å². The van der Waals surface area contributed by atoms with Crippen LogP contribution in [0.2, 0.25) is 0 Å². The van der Waals surface area contributed by atoms with Crippen molar-refractivity contribution in [1.82, 2.24) is 0 Å². The fourth-order valence-electron chi connectivity index (χ4n) is 2.93. The van der Waals surface area contributed by atoms with Crippen LogP contribution in [-0.4, -0.2) is 16.9 Å². The Morgan fingerprint density at radius 1 is 1.10 bits per heavy atom. The minimum Gasteiger partial charge on any atom is -0.390 e. The van der Waals surface area contributed by atoms with Gasteiger partial charge in [0.15, 0.2) is 0 Å². The first-order valence-corrected chi connectivity index (χ1v) is 7.15. The third kappa shape index (κ3) is 4.51. The molecule has 1 atom stereocenters. The van der Waals surface area contributed by atoms with Crippen LogP contribution in [0.15, 0.2) is 18.2 Å². The first-order valence-electron chi connectivity index (χ1n) is 7.15. The van der Waals surface area contributed by atoms with Crippen molar-refractivity contribution in [3.8, 4) is 0 Å². The molecule has 1 aromatic rings. The highest BCUT2D eigenvalue weighted by Crippen LogP contribution is 2.28. The van der Waals surface area contributed by atoms with Crippen LogP contribution in [0.5, 0.6) is 0 Å². The monoisotopic (exact) mass is 286 g/mol. The largest absolute Gasteiger partial charge is 0.390 e. The summed E-state index contributed by atoms with van der Waals surface area (Å²) >= 11 is 0. The predicted octanol–water partition coefficient (Wildman–Crippen LogP) is 4.20. The highest BCUT2D eigenvalue weighted by atomic mass is 19.4. The molecule has 0 bridgehead atoms. The Labute approximate surface area is 117 Å². The number of alkyl halides is 3. The van der Waals surface area contributed by atoms with Crippen molar-refractivity contribution in [2.24, 2.45) is 0 Å². The zero-order valence-electron chi connectivity index (χ0n) is 11.8. The molecule has 4 heteroatoms. The first-order chi connectivity index (χ1) is 9.25. The van der Waals surface area contributed by atoms with Crippen molar-refractivity contribution in [3.05, 3.63) is 34.9 Å². The zero-order valence-corrected chi connectivity index (χ0v) is 11.8. The Kier molecular flexibility index (Phi) is 4.43. The van der Waals surface area contributed by atoms with Crippen molar-refractivity contribution in [3.63, 3.8) is 0 Å². The van der Waals surface area contributed by atoms with Gasteiger partial charge in [0.2, 0.25) is 0 Å². The molecule has 0 heterocycles. The summed E-state index contributed by atoms with van der Waals surface area (Å²) in [6.45, 7) is 1.62. The van der Waals surface area contributed by atoms with Crippen LogP contribution < -0.4 is 0 Å². The summed E-state index contributed by atoms with van der Waals surface area (Å²) in [5, 5.41) is 10.2. The summed E-state index contributed by atoms with van der Waals surface area (Å²) < 4.78 is 36.4. The van der Waals surface area contributed by atoms with Gasteiger partial charge in [0.1, 0.15) is 0 Å². The number of benzene rings is 1. The second kappa shape index (κ2) is 5.76. The molecule has 1 aliphatic rings. The summed E-state index contributed by atoms with van der Waals surface area (Å²) in [6.07, 6.45) is -1.06. The Morgan fingerprint density at radius 2 is 1.80 bits per heavy atom. The Bertz CT molecular complexity index is 463. The molecule has 0 saturated carbocycles. The molecule has 2 rings (SSSR count). The molecule has 0 fully saturated rings. The molecule has 1 aromatic carbocycles. The molecular weight excluding hydrogens is 265 g/mol. The van der Waals surface area contributed by atoms with Crippen LogP contribution >= 0.6 is 0 Å². The Morgan fingerprint density at radius 3 is 2.50 bits per heavy atom. The molecule has 0 radical (unpaired) electrons. The van der Waals surface area contributed by atoms with Gasteiger partial charge in [-0.1, -0.05) is 18.2 Å². The smallest absolute Gasteiger partial charge is 0.389 e. The highest BCUT2D eigenvalue weighted by Gasteiger charge is 2.29. The Balaban J connectivity index is 1.91. The number of hydrogen-bond acceptors (Lipinski definition) is 1. The van der Waals surface area contributed by atoms with Crippen LogP contribution in [0.25, 0.3) is 0 Å². The van der Waals surface area contributed by atoms with Crippen molar-refractivity contribution in [2.45, 2.75) is 63.6 Å². The van der Waals surface area contributed by atoms with Gasteiger partial charge in [0.05, 0.1) is 5.60 Å². The van der Waals surface area contributed by atoms with E-state index in [1.54, 1.807) is 6.92 Å². The molecule has 1 N–H and O–H groups in total. The molecule has 20 heavy (non-hydrogen) atoms. The van der Waals surface area contributed by atoms with Gasteiger partial charge in [-0.3, -0.25) is 0 Å². The average molecular weight is 286 g/mol. The summed E-state index contributed by atoms with van der Waals surface area (Å²) in [6, 6.07) is 6.17. The average Bonchev–Trinajstić information content (AvgIpc) is 2.73. The minimum absolute atomic E-state index is 0.0263. The van der Waals surface area contributed by atoms with E-state index in [1.807, 2.05) is 6.07 Å². The predicted molar refractivity (Wildman–Crippen MR) is 72.7 cm³/mol. The number of hydrogen-bond donors (Lipinski definition) is 1. The highest BCUT2D eigenvalue weighted by molar-refractivity contribution is 5.35. The second-order valence-electron chi connectivity index (χ2n) is 6.10. The van der Waals surface area contributed by atoms with Gasteiger partial charge in [-0.25, -0.2) is 0 Å². The molecule has 0 spiro atoms. The number of halogens is 3. The lowest BCUT2D eigenvalue weighted by Crippen LogP contribution is -2.27. The molecule has 1 unspecified atom stereocenters. The first kappa shape index (κ1) is 15.4. The second-order valence-corrected chi connectivity index (χ2v) is 6.10. The molecule has 112 valence electrons. The normalized spacial score (nSPS) is 17.9. The van der Waals surface area contributed by atoms with E-state index in [1.165, 1.54) is 17.5 Å². The van der Waals surface area contributed by atoms with Crippen molar-refractivity contribution in [2.75, 3.05) is 0 Å². The molecule has 0 amide bonds. The van der Waals surface area contributed by atoms with Crippen LogP contribution in [0.1, 0.15) is 49.3 Å². The maximum atomic E-state index is 12.1. The van der Waals surface area contributed by atoms with E-state index in [-0.39, 0.29) is 12.8 Å². The Hall–Kier alpha value is -1.03. The van der Waals surface area contributed by atoms with E-state index in [9.17, 15) is 18.3 Å². The molecule has 1 aliphatic carbocycles. The van der Waals surface area contributed by atoms with Gasteiger partial charge in [0.25, 0.3) is 0 Å².